The van der Waals surface area contributed by atoms with E-state index >= 15 is 0 Å². The number of carbonyl (C=O) groups is 2. The first-order chi connectivity index (χ1) is 16.2. The quantitative estimate of drug-likeness (QED) is 0.500. The Bertz CT molecular complexity index is 1190. The van der Waals surface area contributed by atoms with Gasteiger partial charge in [-0.2, -0.15) is 13.2 Å². The van der Waals surface area contributed by atoms with Gasteiger partial charge in [-0.05, 0) is 43.7 Å². The first-order valence-electron chi connectivity index (χ1n) is 10.3. The summed E-state index contributed by atoms with van der Waals surface area (Å²) in [5.74, 6) is -1.32. The maximum atomic E-state index is 13.3. The third kappa shape index (κ3) is 7.49. The van der Waals surface area contributed by atoms with E-state index in [1.165, 1.54) is 6.92 Å². The summed E-state index contributed by atoms with van der Waals surface area (Å²) in [5.41, 5.74) is -1.15. The van der Waals surface area contributed by atoms with Gasteiger partial charge >= 0.3 is 6.18 Å². The first kappa shape index (κ1) is 28.7. The number of nitrogens with one attached hydrogen (secondary N) is 1. The van der Waals surface area contributed by atoms with Crippen molar-refractivity contribution in [3.05, 3.63) is 63.6 Å². The number of halogens is 5. The molecule has 0 fully saturated rings. The third-order valence-electron chi connectivity index (χ3n) is 5.04. The SMILES string of the molecule is CCNC(=O)[C@@H](C)N(Cc1ccccc1Cl)C(=O)CN(c1ccc(Cl)c(C(F)(F)F)c1)S(C)(=O)=O. The number of alkyl halides is 3. The molecule has 2 amide bonds. The fraction of sp³-hybridized carbons (Fsp3) is 0.364. The van der Waals surface area contributed by atoms with Crippen molar-refractivity contribution in [3.63, 3.8) is 0 Å². The van der Waals surface area contributed by atoms with E-state index < -0.39 is 56.9 Å². The van der Waals surface area contributed by atoms with Crippen LogP contribution in [0.5, 0.6) is 0 Å². The van der Waals surface area contributed by atoms with Gasteiger partial charge in [0.15, 0.2) is 0 Å². The second kappa shape index (κ2) is 11.5. The Morgan fingerprint density at radius 1 is 1.09 bits per heavy atom. The number of sulfonamides is 1. The standard InChI is InChI=1S/C22H24Cl2F3N3O4S/c1-4-28-21(32)14(2)29(12-15-7-5-6-8-18(15)23)20(31)13-30(35(3,33)34)16-9-10-19(24)17(11-16)22(25,26)27/h5-11,14H,4,12-13H2,1-3H3,(H,28,32)/t14-/m1/s1. The van der Waals surface area contributed by atoms with Gasteiger partial charge in [-0.3, -0.25) is 13.9 Å². The van der Waals surface area contributed by atoms with E-state index in [1.807, 2.05) is 0 Å². The molecule has 0 radical (unpaired) electrons. The molecule has 0 saturated heterocycles. The number of hydrogen-bond donors (Lipinski definition) is 1. The normalized spacial score (nSPS) is 12.7. The summed E-state index contributed by atoms with van der Waals surface area (Å²) >= 11 is 11.9. The third-order valence-corrected chi connectivity index (χ3v) is 6.88. The van der Waals surface area contributed by atoms with Crippen molar-refractivity contribution in [2.75, 3.05) is 23.7 Å². The van der Waals surface area contributed by atoms with Crippen molar-refractivity contribution in [1.82, 2.24) is 10.2 Å². The summed E-state index contributed by atoms with van der Waals surface area (Å²) in [4.78, 5) is 27.0. The Labute approximate surface area is 211 Å². The lowest BCUT2D eigenvalue weighted by Crippen LogP contribution is -2.51. The van der Waals surface area contributed by atoms with Gasteiger partial charge in [0, 0.05) is 18.1 Å². The molecule has 0 spiro atoms. The molecule has 2 aromatic rings. The van der Waals surface area contributed by atoms with Crippen LogP contribution in [-0.2, 0) is 32.3 Å². The molecule has 7 nitrogen and oxygen atoms in total. The van der Waals surface area contributed by atoms with Crippen molar-refractivity contribution in [2.45, 2.75) is 32.6 Å². The number of benzene rings is 2. The van der Waals surface area contributed by atoms with Crippen LogP contribution in [0.15, 0.2) is 42.5 Å². The van der Waals surface area contributed by atoms with Gasteiger partial charge in [-0.25, -0.2) is 8.42 Å². The average molecular weight is 554 g/mol. The zero-order valence-corrected chi connectivity index (χ0v) is 21.4. The summed E-state index contributed by atoms with van der Waals surface area (Å²) in [6.45, 7) is 2.44. The average Bonchev–Trinajstić information content (AvgIpc) is 2.75. The van der Waals surface area contributed by atoms with Crippen LogP contribution in [0.25, 0.3) is 0 Å². The molecule has 0 aliphatic heterocycles. The molecule has 2 aromatic carbocycles. The molecule has 0 unspecified atom stereocenters. The minimum atomic E-state index is -4.84. The number of amides is 2. The number of rotatable bonds is 9. The number of anilines is 1. The molecule has 2 rings (SSSR count). The second-order valence-corrected chi connectivity index (χ2v) is 10.3. The second-order valence-electron chi connectivity index (χ2n) is 7.62. The monoisotopic (exact) mass is 553 g/mol. The molecule has 0 aliphatic rings. The smallest absolute Gasteiger partial charge is 0.355 e. The number of hydrogen-bond acceptors (Lipinski definition) is 4. The first-order valence-corrected chi connectivity index (χ1v) is 12.9. The molecular weight excluding hydrogens is 530 g/mol. The van der Waals surface area contributed by atoms with Gasteiger partial charge in [0.05, 0.1) is 22.5 Å². The highest BCUT2D eigenvalue weighted by molar-refractivity contribution is 7.92. The molecule has 0 saturated carbocycles. The summed E-state index contributed by atoms with van der Waals surface area (Å²) < 4.78 is 65.5. The van der Waals surface area contributed by atoms with Crippen LogP contribution >= 0.6 is 23.2 Å². The lowest BCUT2D eigenvalue weighted by Gasteiger charge is -2.31. The highest BCUT2D eigenvalue weighted by Crippen LogP contribution is 2.37. The van der Waals surface area contributed by atoms with Crippen LogP contribution < -0.4 is 9.62 Å². The lowest BCUT2D eigenvalue weighted by atomic mass is 10.1. The molecular formula is C22H24Cl2F3N3O4S. The van der Waals surface area contributed by atoms with Crippen LogP contribution in [0.4, 0.5) is 18.9 Å². The molecule has 192 valence electrons. The Kier molecular flexibility index (Phi) is 9.43. The van der Waals surface area contributed by atoms with Gasteiger partial charge in [-0.1, -0.05) is 41.4 Å². The molecule has 13 heteroatoms. The van der Waals surface area contributed by atoms with Crippen molar-refractivity contribution in [1.29, 1.82) is 0 Å². The highest BCUT2D eigenvalue weighted by Gasteiger charge is 2.35. The van der Waals surface area contributed by atoms with Crippen LogP contribution in [0, 0.1) is 0 Å². The van der Waals surface area contributed by atoms with Crippen LogP contribution in [0.3, 0.4) is 0 Å². The fourth-order valence-corrected chi connectivity index (χ4v) is 4.48. The predicted octanol–water partition coefficient (Wildman–Crippen LogP) is 4.33. The molecule has 1 atom stereocenters. The maximum absolute atomic E-state index is 13.3. The molecule has 0 aromatic heterocycles. The van der Waals surface area contributed by atoms with Crippen molar-refractivity contribution in [3.8, 4) is 0 Å². The van der Waals surface area contributed by atoms with E-state index in [0.29, 0.717) is 21.0 Å². The van der Waals surface area contributed by atoms with Gasteiger partial charge in [-0.15, -0.1) is 0 Å². The zero-order valence-electron chi connectivity index (χ0n) is 19.1. The van der Waals surface area contributed by atoms with E-state index in [1.54, 1.807) is 31.2 Å². The van der Waals surface area contributed by atoms with Gasteiger partial charge in [0.25, 0.3) is 0 Å². The number of nitrogens with zero attached hydrogens (tertiary/aromatic N) is 2. The Morgan fingerprint density at radius 3 is 2.26 bits per heavy atom. The van der Waals surface area contributed by atoms with Crippen molar-refractivity contribution in [2.24, 2.45) is 0 Å². The Hall–Kier alpha value is -2.50. The number of carbonyl (C=O) groups excluding carboxylic acids is 2. The number of likely N-dealkylation sites (N-methyl/N-ethyl adjacent to an activating group) is 1. The van der Waals surface area contributed by atoms with Gasteiger partial charge < -0.3 is 10.2 Å². The van der Waals surface area contributed by atoms with Crippen LogP contribution in [-0.4, -0.2) is 50.5 Å². The highest BCUT2D eigenvalue weighted by atomic mass is 35.5. The van der Waals surface area contributed by atoms with E-state index in [4.69, 9.17) is 23.2 Å². The summed E-state index contributed by atoms with van der Waals surface area (Å²) in [5, 5.41) is 2.29. The topological polar surface area (TPSA) is 86.8 Å². The molecule has 35 heavy (non-hydrogen) atoms. The van der Waals surface area contributed by atoms with Gasteiger partial charge in [0.2, 0.25) is 21.8 Å². The summed E-state index contributed by atoms with van der Waals surface area (Å²) in [6.07, 6.45) is -4.09. The van der Waals surface area contributed by atoms with Crippen LogP contribution in [0.2, 0.25) is 10.0 Å². The van der Waals surface area contributed by atoms with Gasteiger partial charge in [0.1, 0.15) is 12.6 Å². The van der Waals surface area contributed by atoms with E-state index in [-0.39, 0.29) is 13.1 Å². The zero-order chi connectivity index (χ0) is 26.6. The molecule has 1 N–H and O–H groups in total. The molecule has 0 aliphatic carbocycles. The van der Waals surface area contributed by atoms with E-state index in [0.717, 1.165) is 23.3 Å². The molecule has 0 heterocycles. The Balaban J connectivity index is 2.49. The summed E-state index contributed by atoms with van der Waals surface area (Å²) in [7, 11) is -4.21. The molecule has 0 bridgehead atoms. The van der Waals surface area contributed by atoms with Crippen LogP contribution in [0.1, 0.15) is 25.0 Å². The Morgan fingerprint density at radius 2 is 1.71 bits per heavy atom. The van der Waals surface area contributed by atoms with E-state index in [9.17, 15) is 31.2 Å². The van der Waals surface area contributed by atoms with Crippen molar-refractivity contribution >= 4 is 50.7 Å². The van der Waals surface area contributed by atoms with E-state index in [2.05, 4.69) is 5.32 Å². The minimum Gasteiger partial charge on any atom is -0.355 e. The van der Waals surface area contributed by atoms with Crippen molar-refractivity contribution < 1.29 is 31.2 Å². The fourth-order valence-electron chi connectivity index (χ4n) is 3.21. The largest absolute Gasteiger partial charge is 0.417 e. The summed E-state index contributed by atoms with van der Waals surface area (Å²) in [6, 6.07) is 8.07. The lowest BCUT2D eigenvalue weighted by molar-refractivity contribution is -0.139. The maximum Gasteiger partial charge on any atom is 0.417 e. The minimum absolute atomic E-state index is 0.136. The predicted molar refractivity (Wildman–Crippen MR) is 129 cm³/mol.